The third-order valence-electron chi connectivity index (χ3n) is 4.26. The summed E-state index contributed by atoms with van der Waals surface area (Å²) < 4.78 is 35.3. The Morgan fingerprint density at radius 1 is 1.30 bits per heavy atom. The molecule has 0 unspecified atom stereocenters. The summed E-state index contributed by atoms with van der Waals surface area (Å²) in [6.45, 7) is 1.92. The van der Waals surface area contributed by atoms with Crippen LogP contribution in [0.5, 0.6) is 5.75 Å². The van der Waals surface area contributed by atoms with Gasteiger partial charge < -0.3 is 14.6 Å². The Balaban J connectivity index is 1.57. The zero-order chi connectivity index (χ0) is 21.7. The Labute approximate surface area is 178 Å². The lowest BCUT2D eigenvalue weighted by Crippen LogP contribution is -2.37. The molecule has 2 aromatic heterocycles. The van der Waals surface area contributed by atoms with Crippen LogP contribution in [0.3, 0.4) is 0 Å². The molecule has 0 bridgehead atoms. The van der Waals surface area contributed by atoms with Gasteiger partial charge in [0.2, 0.25) is 21.7 Å². The van der Waals surface area contributed by atoms with Gasteiger partial charge in [-0.15, -0.1) is 11.3 Å². The molecular weight excluding hydrogens is 428 g/mol. The van der Waals surface area contributed by atoms with Gasteiger partial charge in [-0.3, -0.25) is 9.10 Å². The Hall–Kier alpha value is -2.92. The second-order valence-corrected chi connectivity index (χ2v) is 9.41. The van der Waals surface area contributed by atoms with E-state index >= 15 is 0 Å². The maximum Gasteiger partial charge on any atom is 0.261 e. The molecule has 1 amide bonds. The topological polar surface area (TPSA) is 115 Å². The largest absolute Gasteiger partial charge is 0.481 e. The molecule has 9 nitrogen and oxygen atoms in total. The van der Waals surface area contributed by atoms with Gasteiger partial charge in [-0.05, 0) is 42.1 Å². The van der Waals surface area contributed by atoms with Crippen molar-refractivity contribution in [2.45, 2.75) is 26.0 Å². The molecule has 3 rings (SSSR count). The van der Waals surface area contributed by atoms with Gasteiger partial charge in [0.15, 0.2) is 6.10 Å². The number of amides is 1. The van der Waals surface area contributed by atoms with E-state index in [1.54, 1.807) is 24.3 Å². The number of hydrogen-bond donors (Lipinski definition) is 1. The molecule has 0 fully saturated rings. The van der Waals surface area contributed by atoms with E-state index in [-0.39, 0.29) is 12.5 Å². The zero-order valence-electron chi connectivity index (χ0n) is 16.7. The molecule has 0 saturated carbocycles. The summed E-state index contributed by atoms with van der Waals surface area (Å²) in [6.07, 6.45) is 0.853. The molecule has 30 heavy (non-hydrogen) atoms. The molecular formula is C19H22N4O5S2. The Kier molecular flexibility index (Phi) is 6.73. The van der Waals surface area contributed by atoms with Crippen molar-refractivity contribution in [2.24, 2.45) is 0 Å². The van der Waals surface area contributed by atoms with Crippen molar-refractivity contribution >= 4 is 33.0 Å². The van der Waals surface area contributed by atoms with Gasteiger partial charge in [-0.25, -0.2) is 8.42 Å². The first-order chi connectivity index (χ1) is 14.3. The standard InChI is InChI=1S/C19H22N4O5S2/c1-4-15(27-14-9-7-13(8-10-14)23(2)30(3,25)26)19(24)20-12-17-21-18(22-28-17)16-6-5-11-29-16/h5-11,15H,4,12H2,1-3H3,(H,20,24)/t15-/m0/s1. The summed E-state index contributed by atoms with van der Waals surface area (Å²) in [6, 6.07) is 10.3. The smallest absolute Gasteiger partial charge is 0.261 e. The molecule has 1 N–H and O–H groups in total. The SMILES string of the molecule is CC[C@H](Oc1ccc(N(C)S(C)(=O)=O)cc1)C(=O)NCc1nc(-c2cccs2)no1. The van der Waals surface area contributed by atoms with Crippen LogP contribution in [0.2, 0.25) is 0 Å². The van der Waals surface area contributed by atoms with E-state index in [2.05, 4.69) is 15.5 Å². The summed E-state index contributed by atoms with van der Waals surface area (Å²) in [4.78, 5) is 17.6. The van der Waals surface area contributed by atoms with Crippen LogP contribution in [0.25, 0.3) is 10.7 Å². The Bertz CT molecular complexity index is 1080. The van der Waals surface area contributed by atoms with Crippen molar-refractivity contribution in [3.63, 3.8) is 0 Å². The van der Waals surface area contributed by atoms with Crippen molar-refractivity contribution < 1.29 is 22.5 Å². The lowest BCUT2D eigenvalue weighted by atomic mass is 10.2. The maximum absolute atomic E-state index is 12.5. The fourth-order valence-corrected chi connectivity index (χ4v) is 3.68. The maximum atomic E-state index is 12.5. The van der Waals surface area contributed by atoms with Crippen molar-refractivity contribution in [3.05, 3.63) is 47.7 Å². The molecule has 0 spiro atoms. The average molecular weight is 451 g/mol. The quantitative estimate of drug-likeness (QED) is 0.533. The lowest BCUT2D eigenvalue weighted by Gasteiger charge is -2.19. The van der Waals surface area contributed by atoms with Crippen LogP contribution >= 0.6 is 11.3 Å². The number of ether oxygens (including phenoxy) is 1. The molecule has 0 saturated heterocycles. The number of sulfonamides is 1. The van der Waals surface area contributed by atoms with Crippen molar-refractivity contribution in [2.75, 3.05) is 17.6 Å². The molecule has 0 aliphatic carbocycles. The summed E-state index contributed by atoms with van der Waals surface area (Å²) >= 11 is 1.50. The number of aromatic nitrogens is 2. The number of carbonyl (C=O) groups excluding carboxylic acids is 1. The fourth-order valence-electron chi connectivity index (χ4n) is 2.52. The number of hydrogen-bond acceptors (Lipinski definition) is 8. The summed E-state index contributed by atoms with van der Waals surface area (Å²) in [5, 5.41) is 8.56. The summed E-state index contributed by atoms with van der Waals surface area (Å²) in [5.41, 5.74) is 0.500. The third-order valence-corrected chi connectivity index (χ3v) is 6.33. The third kappa shape index (κ3) is 5.36. The minimum atomic E-state index is -3.35. The van der Waals surface area contributed by atoms with Crippen molar-refractivity contribution in [1.82, 2.24) is 15.5 Å². The molecule has 3 aromatic rings. The van der Waals surface area contributed by atoms with Crippen LogP contribution in [-0.2, 0) is 21.4 Å². The number of rotatable bonds is 9. The summed E-state index contributed by atoms with van der Waals surface area (Å²) in [5.74, 6) is 0.928. The minimum absolute atomic E-state index is 0.0924. The van der Waals surface area contributed by atoms with Crippen LogP contribution in [-0.4, -0.2) is 43.9 Å². The van der Waals surface area contributed by atoms with Gasteiger partial charge in [-0.1, -0.05) is 18.1 Å². The van der Waals surface area contributed by atoms with E-state index in [0.29, 0.717) is 29.6 Å². The van der Waals surface area contributed by atoms with Crippen LogP contribution in [0.15, 0.2) is 46.3 Å². The fraction of sp³-hybridized carbons (Fsp3) is 0.316. The van der Waals surface area contributed by atoms with Crippen LogP contribution < -0.4 is 14.4 Å². The molecule has 0 radical (unpaired) electrons. The van der Waals surface area contributed by atoms with E-state index in [1.165, 1.54) is 18.4 Å². The molecule has 11 heteroatoms. The first-order valence-electron chi connectivity index (χ1n) is 9.12. The van der Waals surface area contributed by atoms with E-state index in [9.17, 15) is 13.2 Å². The lowest BCUT2D eigenvalue weighted by molar-refractivity contribution is -0.128. The predicted octanol–water partition coefficient (Wildman–Crippen LogP) is 2.67. The van der Waals surface area contributed by atoms with E-state index in [0.717, 1.165) is 15.4 Å². The minimum Gasteiger partial charge on any atom is -0.481 e. The molecule has 160 valence electrons. The number of nitrogens with one attached hydrogen (secondary N) is 1. The molecule has 2 heterocycles. The van der Waals surface area contributed by atoms with Gasteiger partial charge in [0.25, 0.3) is 5.91 Å². The average Bonchev–Trinajstić information content (AvgIpc) is 3.41. The van der Waals surface area contributed by atoms with Gasteiger partial charge in [0, 0.05) is 7.05 Å². The number of carbonyl (C=O) groups is 1. The van der Waals surface area contributed by atoms with Crippen LogP contribution in [0, 0.1) is 0 Å². The van der Waals surface area contributed by atoms with Crippen LogP contribution in [0.1, 0.15) is 19.2 Å². The number of benzene rings is 1. The van der Waals surface area contributed by atoms with E-state index < -0.39 is 16.1 Å². The highest BCUT2D eigenvalue weighted by Gasteiger charge is 2.20. The molecule has 1 aromatic carbocycles. The highest BCUT2D eigenvalue weighted by atomic mass is 32.2. The summed E-state index contributed by atoms with van der Waals surface area (Å²) in [7, 11) is -1.88. The second-order valence-electron chi connectivity index (χ2n) is 6.45. The zero-order valence-corrected chi connectivity index (χ0v) is 18.4. The first-order valence-corrected chi connectivity index (χ1v) is 11.9. The molecule has 0 aliphatic heterocycles. The van der Waals surface area contributed by atoms with Crippen LogP contribution in [0.4, 0.5) is 5.69 Å². The number of nitrogens with zero attached hydrogens (tertiary/aromatic N) is 3. The van der Waals surface area contributed by atoms with E-state index in [4.69, 9.17) is 9.26 Å². The normalized spacial score (nSPS) is 12.4. The van der Waals surface area contributed by atoms with Crippen molar-refractivity contribution in [3.8, 4) is 16.5 Å². The first kappa shape index (κ1) is 21.8. The second kappa shape index (κ2) is 9.26. The Morgan fingerprint density at radius 3 is 2.63 bits per heavy atom. The molecule has 0 aliphatic rings. The number of thiophene rings is 1. The molecule has 1 atom stereocenters. The highest BCUT2D eigenvalue weighted by molar-refractivity contribution is 7.92. The van der Waals surface area contributed by atoms with Gasteiger partial charge in [-0.2, -0.15) is 4.98 Å². The van der Waals surface area contributed by atoms with Gasteiger partial charge >= 0.3 is 0 Å². The highest BCUT2D eigenvalue weighted by Crippen LogP contribution is 2.22. The van der Waals surface area contributed by atoms with Gasteiger partial charge in [0.1, 0.15) is 5.75 Å². The monoisotopic (exact) mass is 450 g/mol. The van der Waals surface area contributed by atoms with Crippen molar-refractivity contribution in [1.29, 1.82) is 0 Å². The predicted molar refractivity (Wildman–Crippen MR) is 114 cm³/mol. The number of anilines is 1. The van der Waals surface area contributed by atoms with Gasteiger partial charge in [0.05, 0.1) is 23.4 Å². The Morgan fingerprint density at radius 2 is 2.03 bits per heavy atom. The van der Waals surface area contributed by atoms with E-state index in [1.807, 2.05) is 24.4 Å².